The number of carbonyl (C=O) groups is 1. The molecule has 2 atom stereocenters. The topological polar surface area (TPSA) is 103 Å². The fourth-order valence-electron chi connectivity index (χ4n) is 3.53. The second kappa shape index (κ2) is 6.97. The molecule has 0 radical (unpaired) electrons. The third-order valence-electron chi connectivity index (χ3n) is 4.89. The van der Waals surface area contributed by atoms with Gasteiger partial charge in [-0.1, -0.05) is 11.8 Å². The predicted octanol–water partition coefficient (Wildman–Crippen LogP) is 2.67. The van der Waals surface area contributed by atoms with Crippen LogP contribution < -0.4 is 11.1 Å². The third-order valence-corrected chi connectivity index (χ3v) is 5.85. The number of halogens is 1. The number of anilines is 1. The van der Waals surface area contributed by atoms with Crippen molar-refractivity contribution in [2.45, 2.75) is 18.9 Å². The van der Waals surface area contributed by atoms with Crippen LogP contribution in [0.4, 0.5) is 10.1 Å². The van der Waals surface area contributed by atoms with Crippen LogP contribution in [0.2, 0.25) is 0 Å². The summed E-state index contributed by atoms with van der Waals surface area (Å²) in [5.74, 6) is 0.435. The fraction of sp³-hybridized carbons (Fsp3) is 0.389. The van der Waals surface area contributed by atoms with Crippen LogP contribution in [-0.4, -0.2) is 35.0 Å². The molecule has 0 spiro atoms. The van der Waals surface area contributed by atoms with Crippen molar-refractivity contribution in [1.82, 2.24) is 4.98 Å². The normalized spacial score (nSPS) is 24.8. The summed E-state index contributed by atoms with van der Waals surface area (Å²) in [5, 5.41) is 3.15. The van der Waals surface area contributed by atoms with E-state index in [0.717, 1.165) is 12.2 Å². The van der Waals surface area contributed by atoms with Gasteiger partial charge in [0, 0.05) is 36.5 Å². The lowest BCUT2D eigenvalue weighted by Crippen LogP contribution is -2.48. The number of carbonyl (C=O) groups excluding carboxylic acids is 1. The third kappa shape index (κ3) is 3.32. The molecule has 9 heteroatoms. The number of fused-ring (bicyclic) bond motifs is 1. The first kappa shape index (κ1) is 18.0. The number of rotatable bonds is 3. The number of nitrogens with one attached hydrogen (secondary N) is 1. The molecular weight excluding hydrogens is 371 g/mol. The molecule has 0 bridgehead atoms. The van der Waals surface area contributed by atoms with E-state index in [4.69, 9.17) is 14.9 Å². The number of aryl methyl sites for hydroxylation is 1. The van der Waals surface area contributed by atoms with Crippen LogP contribution in [-0.2, 0) is 10.3 Å². The first-order chi connectivity index (χ1) is 13.0. The molecule has 3 heterocycles. The van der Waals surface area contributed by atoms with Crippen LogP contribution in [0.25, 0.3) is 0 Å². The van der Waals surface area contributed by atoms with E-state index in [1.807, 2.05) is 0 Å². The SMILES string of the molecule is Cc1nc(C(=O)Nc2ccc(F)c([C@]34COCC[C@H]3CSC(N)=N4)c2)co1. The van der Waals surface area contributed by atoms with Crippen LogP contribution in [0.1, 0.15) is 28.4 Å². The van der Waals surface area contributed by atoms with E-state index in [0.29, 0.717) is 28.9 Å². The Bertz CT molecular complexity index is 916. The molecule has 0 saturated carbocycles. The Kier molecular flexibility index (Phi) is 4.65. The highest BCUT2D eigenvalue weighted by Crippen LogP contribution is 2.45. The van der Waals surface area contributed by atoms with Crippen LogP contribution >= 0.6 is 11.8 Å². The summed E-state index contributed by atoms with van der Waals surface area (Å²) in [5.41, 5.74) is 6.07. The van der Waals surface area contributed by atoms with E-state index in [1.54, 1.807) is 13.0 Å². The number of nitrogens with two attached hydrogens (primary N) is 1. The fourth-order valence-corrected chi connectivity index (χ4v) is 4.57. The highest BCUT2D eigenvalue weighted by Gasteiger charge is 2.47. The first-order valence-corrected chi connectivity index (χ1v) is 9.56. The molecule has 1 fully saturated rings. The van der Waals surface area contributed by atoms with E-state index in [2.05, 4.69) is 15.3 Å². The number of aromatic nitrogens is 1. The Hall–Kier alpha value is -2.39. The zero-order chi connectivity index (χ0) is 19.0. The monoisotopic (exact) mass is 390 g/mol. The van der Waals surface area contributed by atoms with Crippen LogP contribution in [0, 0.1) is 18.7 Å². The second-order valence-corrected chi connectivity index (χ2v) is 7.66. The maximum atomic E-state index is 14.8. The summed E-state index contributed by atoms with van der Waals surface area (Å²) in [6, 6.07) is 4.44. The molecule has 2 aliphatic heterocycles. The van der Waals surface area contributed by atoms with Gasteiger partial charge in [0.15, 0.2) is 16.8 Å². The predicted molar refractivity (Wildman–Crippen MR) is 100 cm³/mol. The van der Waals surface area contributed by atoms with Crippen molar-refractivity contribution in [3.8, 4) is 0 Å². The number of thioether (sulfide) groups is 1. The Labute approximate surface area is 159 Å². The van der Waals surface area contributed by atoms with Gasteiger partial charge in [0.25, 0.3) is 5.91 Å². The maximum absolute atomic E-state index is 14.8. The quantitative estimate of drug-likeness (QED) is 0.835. The zero-order valence-electron chi connectivity index (χ0n) is 14.7. The highest BCUT2D eigenvalue weighted by molar-refractivity contribution is 8.13. The van der Waals surface area contributed by atoms with Crippen molar-refractivity contribution < 1.29 is 18.3 Å². The summed E-state index contributed by atoms with van der Waals surface area (Å²) < 4.78 is 25.5. The molecule has 1 amide bonds. The van der Waals surface area contributed by atoms with Gasteiger partial charge in [0.1, 0.15) is 17.6 Å². The molecule has 0 aliphatic carbocycles. The van der Waals surface area contributed by atoms with E-state index < -0.39 is 17.3 Å². The molecule has 142 valence electrons. The van der Waals surface area contributed by atoms with Gasteiger partial charge in [0.05, 0.1) is 6.61 Å². The van der Waals surface area contributed by atoms with Crippen molar-refractivity contribution in [3.63, 3.8) is 0 Å². The second-order valence-electron chi connectivity index (χ2n) is 6.62. The lowest BCUT2D eigenvalue weighted by Gasteiger charge is -2.43. The molecule has 1 aromatic carbocycles. The number of ether oxygens (including phenoxy) is 1. The molecule has 27 heavy (non-hydrogen) atoms. The summed E-state index contributed by atoms with van der Waals surface area (Å²) in [6.07, 6.45) is 2.06. The molecule has 0 unspecified atom stereocenters. The Morgan fingerprint density at radius 3 is 3.11 bits per heavy atom. The summed E-state index contributed by atoms with van der Waals surface area (Å²) in [7, 11) is 0. The van der Waals surface area contributed by atoms with Crippen molar-refractivity contribution in [2.24, 2.45) is 16.6 Å². The van der Waals surface area contributed by atoms with Crippen molar-refractivity contribution in [1.29, 1.82) is 0 Å². The van der Waals surface area contributed by atoms with E-state index in [9.17, 15) is 9.18 Å². The summed E-state index contributed by atoms with van der Waals surface area (Å²) >= 11 is 1.48. The number of amidine groups is 1. The number of nitrogens with zero attached hydrogens (tertiary/aromatic N) is 2. The van der Waals surface area contributed by atoms with Crippen LogP contribution in [0.15, 0.2) is 33.9 Å². The van der Waals surface area contributed by atoms with E-state index in [1.165, 1.54) is 30.2 Å². The van der Waals surface area contributed by atoms with Gasteiger partial charge >= 0.3 is 0 Å². The van der Waals surface area contributed by atoms with Crippen LogP contribution in [0.5, 0.6) is 0 Å². The van der Waals surface area contributed by atoms with Gasteiger partial charge in [-0.05, 0) is 24.6 Å². The lowest BCUT2D eigenvalue weighted by atomic mass is 9.76. The number of amides is 1. The minimum absolute atomic E-state index is 0.113. The lowest BCUT2D eigenvalue weighted by molar-refractivity contribution is 0.00304. The summed E-state index contributed by atoms with van der Waals surface area (Å²) in [6.45, 7) is 2.53. The summed E-state index contributed by atoms with van der Waals surface area (Å²) in [4.78, 5) is 20.9. The minimum atomic E-state index is -0.872. The van der Waals surface area contributed by atoms with Gasteiger partial charge < -0.3 is 20.2 Å². The van der Waals surface area contributed by atoms with Gasteiger partial charge in [-0.15, -0.1) is 0 Å². The molecular formula is C18H19FN4O3S. The van der Waals surface area contributed by atoms with Gasteiger partial charge in [0.2, 0.25) is 0 Å². The average Bonchev–Trinajstić information content (AvgIpc) is 3.09. The Morgan fingerprint density at radius 2 is 2.33 bits per heavy atom. The van der Waals surface area contributed by atoms with E-state index >= 15 is 0 Å². The zero-order valence-corrected chi connectivity index (χ0v) is 15.5. The van der Waals surface area contributed by atoms with Gasteiger partial charge in [-0.25, -0.2) is 14.4 Å². The van der Waals surface area contributed by atoms with E-state index in [-0.39, 0.29) is 18.2 Å². The van der Waals surface area contributed by atoms with Crippen molar-refractivity contribution >= 4 is 28.5 Å². The molecule has 2 aromatic rings. The molecule has 1 aromatic heterocycles. The van der Waals surface area contributed by atoms with Crippen molar-refractivity contribution in [2.75, 3.05) is 24.3 Å². The smallest absolute Gasteiger partial charge is 0.277 e. The standard InChI is InChI=1S/C18H19FN4O3S/c1-10-21-15(7-26-10)16(24)22-12-2-3-14(19)13(6-12)18-9-25-5-4-11(18)8-27-17(20)23-18/h2-3,6-7,11H,4-5,8-9H2,1H3,(H2,20,23)(H,22,24)/t11-,18-/m0/s1. The molecule has 1 saturated heterocycles. The Morgan fingerprint density at radius 1 is 1.48 bits per heavy atom. The molecule has 4 rings (SSSR count). The largest absolute Gasteiger partial charge is 0.448 e. The maximum Gasteiger partial charge on any atom is 0.277 e. The molecule has 7 nitrogen and oxygen atoms in total. The Balaban J connectivity index is 1.69. The van der Waals surface area contributed by atoms with Gasteiger partial charge in [-0.3, -0.25) is 4.79 Å². The number of hydrogen-bond acceptors (Lipinski definition) is 7. The number of oxazole rings is 1. The first-order valence-electron chi connectivity index (χ1n) is 8.57. The van der Waals surface area contributed by atoms with Crippen LogP contribution in [0.3, 0.4) is 0 Å². The van der Waals surface area contributed by atoms with Crippen molar-refractivity contribution in [3.05, 3.63) is 47.4 Å². The average molecular weight is 390 g/mol. The number of aliphatic imine (C=N–C) groups is 1. The minimum Gasteiger partial charge on any atom is -0.448 e. The number of benzene rings is 1. The molecule has 2 aliphatic rings. The highest BCUT2D eigenvalue weighted by atomic mass is 32.2. The molecule has 3 N–H and O–H groups in total. The number of hydrogen-bond donors (Lipinski definition) is 2. The van der Waals surface area contributed by atoms with Gasteiger partial charge in [-0.2, -0.15) is 0 Å².